The number of anilines is 2. The number of carboxylic acids is 1. The van der Waals surface area contributed by atoms with E-state index in [2.05, 4.69) is 19.2 Å². The molecule has 0 aliphatic rings. The van der Waals surface area contributed by atoms with E-state index in [0.717, 1.165) is 26.6 Å². The first-order valence-electron chi connectivity index (χ1n) is 9.49. The van der Waals surface area contributed by atoms with Crippen LogP contribution in [0.3, 0.4) is 0 Å². The van der Waals surface area contributed by atoms with Crippen LogP contribution in [0.2, 0.25) is 10.0 Å². The van der Waals surface area contributed by atoms with Crippen LogP contribution in [0.4, 0.5) is 10.8 Å². The van der Waals surface area contributed by atoms with Crippen LogP contribution in [-0.2, 0) is 0 Å². The Bertz CT molecular complexity index is 1250. The number of aromatic carboxylic acids is 1. The number of thiophene rings is 1. The minimum Gasteiger partial charge on any atom is -0.477 e. The van der Waals surface area contributed by atoms with Gasteiger partial charge in [0, 0.05) is 15.3 Å². The van der Waals surface area contributed by atoms with E-state index in [1.165, 1.54) is 22.7 Å². The second kappa shape index (κ2) is 9.01. The summed E-state index contributed by atoms with van der Waals surface area (Å²) in [6.45, 7) is 4.19. The van der Waals surface area contributed by atoms with Gasteiger partial charge in [0.1, 0.15) is 4.88 Å². The maximum absolute atomic E-state index is 11.9. The molecule has 0 aliphatic carbocycles. The Labute approximate surface area is 198 Å². The lowest BCUT2D eigenvalue weighted by Crippen LogP contribution is -1.98. The van der Waals surface area contributed by atoms with E-state index in [1.807, 2.05) is 42.5 Å². The van der Waals surface area contributed by atoms with Gasteiger partial charge < -0.3 is 10.4 Å². The SMILES string of the molecule is CC(C)c1sc(Nc2cc(-c3ccccc3)sc2C(=O)O)nc1-c1ccc(Cl)c(Cl)c1. The molecule has 0 aliphatic heterocycles. The molecular weight excluding hydrogens is 471 g/mol. The number of halogens is 2. The minimum absolute atomic E-state index is 0.235. The Kier molecular flexibility index (Phi) is 6.34. The molecule has 0 atom stereocenters. The Morgan fingerprint density at radius 2 is 1.74 bits per heavy atom. The smallest absolute Gasteiger partial charge is 0.348 e. The van der Waals surface area contributed by atoms with Crippen LogP contribution in [0.25, 0.3) is 21.7 Å². The summed E-state index contributed by atoms with van der Waals surface area (Å²) >= 11 is 15.0. The third kappa shape index (κ3) is 4.62. The van der Waals surface area contributed by atoms with Crippen molar-refractivity contribution >= 4 is 62.7 Å². The predicted octanol–water partition coefficient (Wildman–Crippen LogP) is 8.41. The summed E-state index contributed by atoms with van der Waals surface area (Å²) in [7, 11) is 0. The third-order valence-corrected chi connectivity index (χ3v) is 7.78. The fraction of sp³-hybridized carbons (Fsp3) is 0.130. The van der Waals surface area contributed by atoms with Gasteiger partial charge in [-0.25, -0.2) is 9.78 Å². The summed E-state index contributed by atoms with van der Waals surface area (Å²) < 4.78 is 0. The van der Waals surface area contributed by atoms with Crippen molar-refractivity contribution in [1.82, 2.24) is 4.98 Å². The van der Waals surface area contributed by atoms with E-state index < -0.39 is 5.97 Å². The van der Waals surface area contributed by atoms with Crippen LogP contribution in [-0.4, -0.2) is 16.1 Å². The first kappa shape index (κ1) is 21.8. The average molecular weight is 489 g/mol. The van der Waals surface area contributed by atoms with Gasteiger partial charge in [-0.1, -0.05) is 73.4 Å². The van der Waals surface area contributed by atoms with Gasteiger partial charge in [0.15, 0.2) is 5.13 Å². The van der Waals surface area contributed by atoms with Crippen molar-refractivity contribution in [2.24, 2.45) is 0 Å². The Morgan fingerprint density at radius 3 is 2.39 bits per heavy atom. The molecule has 0 saturated heterocycles. The number of rotatable bonds is 6. The third-order valence-electron chi connectivity index (χ3n) is 4.60. The van der Waals surface area contributed by atoms with Crippen molar-refractivity contribution in [2.45, 2.75) is 19.8 Å². The molecule has 158 valence electrons. The van der Waals surface area contributed by atoms with Gasteiger partial charge in [0.05, 0.1) is 21.4 Å². The quantitative estimate of drug-likeness (QED) is 0.285. The zero-order chi connectivity index (χ0) is 22.1. The van der Waals surface area contributed by atoms with E-state index in [-0.39, 0.29) is 10.8 Å². The van der Waals surface area contributed by atoms with E-state index in [4.69, 9.17) is 28.2 Å². The second-order valence-electron chi connectivity index (χ2n) is 7.17. The number of hydrogen-bond donors (Lipinski definition) is 2. The monoisotopic (exact) mass is 488 g/mol. The highest BCUT2D eigenvalue weighted by atomic mass is 35.5. The van der Waals surface area contributed by atoms with Gasteiger partial charge in [0.25, 0.3) is 0 Å². The molecule has 31 heavy (non-hydrogen) atoms. The van der Waals surface area contributed by atoms with E-state index >= 15 is 0 Å². The van der Waals surface area contributed by atoms with E-state index in [1.54, 1.807) is 12.1 Å². The van der Waals surface area contributed by atoms with Crippen LogP contribution < -0.4 is 5.32 Å². The van der Waals surface area contributed by atoms with Crippen molar-refractivity contribution in [3.8, 4) is 21.7 Å². The fourth-order valence-electron chi connectivity index (χ4n) is 3.13. The highest BCUT2D eigenvalue weighted by Crippen LogP contribution is 2.41. The number of hydrogen-bond acceptors (Lipinski definition) is 5. The van der Waals surface area contributed by atoms with Crippen LogP contribution in [0, 0.1) is 0 Å². The van der Waals surface area contributed by atoms with Crippen molar-refractivity contribution in [1.29, 1.82) is 0 Å². The van der Waals surface area contributed by atoms with Gasteiger partial charge in [-0.3, -0.25) is 0 Å². The molecule has 0 saturated carbocycles. The Hall–Kier alpha value is -2.38. The highest BCUT2D eigenvalue weighted by molar-refractivity contribution is 7.18. The summed E-state index contributed by atoms with van der Waals surface area (Å²) in [5.74, 6) is -0.737. The predicted molar refractivity (Wildman–Crippen MR) is 132 cm³/mol. The molecule has 2 aromatic heterocycles. The number of nitrogens with one attached hydrogen (secondary N) is 1. The molecule has 2 aromatic carbocycles. The van der Waals surface area contributed by atoms with Crippen molar-refractivity contribution in [3.05, 3.63) is 74.4 Å². The van der Waals surface area contributed by atoms with Gasteiger partial charge >= 0.3 is 5.97 Å². The number of carbonyl (C=O) groups is 1. The normalized spacial score (nSPS) is 11.1. The molecule has 8 heteroatoms. The van der Waals surface area contributed by atoms with Gasteiger partial charge in [-0.15, -0.1) is 22.7 Å². The van der Waals surface area contributed by atoms with Crippen LogP contribution >= 0.6 is 45.9 Å². The molecule has 4 rings (SSSR count). The van der Waals surface area contributed by atoms with Gasteiger partial charge in [-0.2, -0.15) is 0 Å². The number of thiazole rings is 1. The molecule has 4 nitrogen and oxygen atoms in total. The largest absolute Gasteiger partial charge is 0.477 e. The zero-order valence-corrected chi connectivity index (χ0v) is 19.8. The zero-order valence-electron chi connectivity index (χ0n) is 16.6. The number of nitrogens with zero attached hydrogens (tertiary/aromatic N) is 1. The fourth-order valence-corrected chi connectivity index (χ4v) is 5.39. The molecular formula is C23H18Cl2N2O2S2. The van der Waals surface area contributed by atoms with Crippen molar-refractivity contribution in [3.63, 3.8) is 0 Å². The van der Waals surface area contributed by atoms with Crippen molar-refractivity contribution in [2.75, 3.05) is 5.32 Å². The van der Waals surface area contributed by atoms with Gasteiger partial charge in [-0.05, 0) is 29.7 Å². The van der Waals surface area contributed by atoms with Crippen LogP contribution in [0.5, 0.6) is 0 Å². The van der Waals surface area contributed by atoms with Gasteiger partial charge in [0.2, 0.25) is 0 Å². The second-order valence-corrected chi connectivity index (χ2v) is 10.1. The first-order chi connectivity index (χ1) is 14.8. The lowest BCUT2D eigenvalue weighted by Gasteiger charge is -2.06. The number of benzene rings is 2. The Balaban J connectivity index is 1.74. The lowest BCUT2D eigenvalue weighted by molar-refractivity contribution is 0.0703. The summed E-state index contributed by atoms with van der Waals surface area (Å²) in [4.78, 5) is 18.8. The summed E-state index contributed by atoms with van der Waals surface area (Å²) in [5.41, 5.74) is 3.19. The highest BCUT2D eigenvalue weighted by Gasteiger charge is 2.21. The molecule has 2 heterocycles. The maximum Gasteiger partial charge on any atom is 0.348 e. The minimum atomic E-state index is -0.972. The van der Waals surface area contributed by atoms with Crippen molar-refractivity contribution < 1.29 is 9.90 Å². The van der Waals surface area contributed by atoms with Crippen LogP contribution in [0.15, 0.2) is 54.6 Å². The molecule has 0 unspecified atom stereocenters. The topological polar surface area (TPSA) is 62.2 Å². The molecule has 2 N–H and O–H groups in total. The maximum atomic E-state index is 11.9. The van der Waals surface area contributed by atoms with Crippen LogP contribution in [0.1, 0.15) is 34.3 Å². The molecule has 4 aromatic rings. The molecule has 0 radical (unpaired) electrons. The molecule has 0 spiro atoms. The lowest BCUT2D eigenvalue weighted by atomic mass is 10.1. The Morgan fingerprint density at radius 1 is 1.00 bits per heavy atom. The average Bonchev–Trinajstić information content (AvgIpc) is 3.36. The first-order valence-corrected chi connectivity index (χ1v) is 11.9. The summed E-state index contributed by atoms with van der Waals surface area (Å²) in [6, 6.07) is 17.0. The van der Waals surface area contributed by atoms with E-state index in [9.17, 15) is 9.90 Å². The molecule has 0 fully saturated rings. The molecule has 0 bridgehead atoms. The summed E-state index contributed by atoms with van der Waals surface area (Å²) in [5, 5.41) is 14.5. The summed E-state index contributed by atoms with van der Waals surface area (Å²) in [6.07, 6.45) is 0. The standard InChI is InChI=1S/C23H18Cl2N2O2S2/c1-12(2)20-19(14-8-9-15(24)16(25)10-14)27-23(31-20)26-17-11-18(30-21(17)22(28)29)13-6-4-3-5-7-13/h3-12H,1-2H3,(H,26,27)(H,28,29). The van der Waals surface area contributed by atoms with E-state index in [0.29, 0.717) is 20.9 Å². The number of carboxylic acid groups (broad SMARTS) is 1. The number of aromatic nitrogens is 1. The molecule has 0 amide bonds.